The zero-order valence-corrected chi connectivity index (χ0v) is 10.6. The minimum Gasteiger partial charge on any atom is -0.381 e. The Bertz CT molecular complexity index is 173. The molecule has 0 bridgehead atoms. The van der Waals surface area contributed by atoms with Gasteiger partial charge in [0.2, 0.25) is 5.91 Å². The van der Waals surface area contributed by atoms with E-state index in [4.69, 9.17) is 4.74 Å². The van der Waals surface area contributed by atoms with Crippen LogP contribution in [0.5, 0.6) is 0 Å². The molecule has 0 atom stereocenters. The van der Waals surface area contributed by atoms with Crippen molar-refractivity contribution in [3.05, 3.63) is 0 Å². The molecule has 90 valence electrons. The fourth-order valence-electron chi connectivity index (χ4n) is 1.20. The van der Waals surface area contributed by atoms with Crippen molar-refractivity contribution < 1.29 is 9.53 Å². The summed E-state index contributed by atoms with van der Waals surface area (Å²) in [7, 11) is 0. The van der Waals surface area contributed by atoms with Crippen LogP contribution in [0.4, 0.5) is 0 Å². The highest BCUT2D eigenvalue weighted by atomic mass is 16.5. The van der Waals surface area contributed by atoms with Crippen molar-refractivity contribution in [2.45, 2.75) is 58.9 Å². The fraction of sp³-hybridized carbons (Fsp3) is 0.917. The van der Waals surface area contributed by atoms with E-state index in [1.54, 1.807) is 0 Å². The Hall–Kier alpha value is -0.570. The molecular weight excluding hydrogens is 190 g/mol. The van der Waals surface area contributed by atoms with Crippen molar-refractivity contribution in [3.8, 4) is 0 Å². The summed E-state index contributed by atoms with van der Waals surface area (Å²) in [6.45, 7) is 9.41. The molecule has 0 saturated carbocycles. The van der Waals surface area contributed by atoms with Gasteiger partial charge in [0, 0.05) is 18.6 Å². The largest absolute Gasteiger partial charge is 0.381 e. The van der Waals surface area contributed by atoms with Crippen LogP contribution in [-0.4, -0.2) is 24.7 Å². The van der Waals surface area contributed by atoms with Gasteiger partial charge in [0.05, 0.1) is 6.61 Å². The second-order valence-corrected chi connectivity index (χ2v) is 4.87. The maximum atomic E-state index is 11.4. The van der Waals surface area contributed by atoms with Gasteiger partial charge < -0.3 is 10.1 Å². The minimum absolute atomic E-state index is 0.0676. The van der Waals surface area contributed by atoms with E-state index in [1.807, 2.05) is 20.8 Å². The molecule has 0 aromatic heterocycles. The van der Waals surface area contributed by atoms with E-state index in [0.29, 0.717) is 13.0 Å². The number of carbonyl (C=O) groups excluding carboxylic acids is 1. The van der Waals surface area contributed by atoms with E-state index >= 15 is 0 Å². The molecule has 1 N–H and O–H groups in total. The smallest absolute Gasteiger partial charge is 0.222 e. The first-order chi connectivity index (χ1) is 6.95. The first kappa shape index (κ1) is 14.4. The lowest BCUT2D eigenvalue weighted by Crippen LogP contribution is -2.40. The first-order valence-electron chi connectivity index (χ1n) is 5.84. The summed E-state index contributed by atoms with van der Waals surface area (Å²) in [4.78, 5) is 11.4. The molecule has 0 radical (unpaired) electrons. The highest BCUT2D eigenvalue weighted by Gasteiger charge is 2.12. The second kappa shape index (κ2) is 7.69. The van der Waals surface area contributed by atoms with E-state index in [-0.39, 0.29) is 11.4 Å². The topological polar surface area (TPSA) is 38.3 Å². The van der Waals surface area contributed by atoms with Gasteiger partial charge in [-0.3, -0.25) is 4.79 Å². The Morgan fingerprint density at radius 2 is 1.87 bits per heavy atom. The molecule has 3 nitrogen and oxygen atoms in total. The molecule has 1 amide bonds. The van der Waals surface area contributed by atoms with Crippen molar-refractivity contribution in [2.75, 3.05) is 13.2 Å². The number of unbranched alkanes of at least 4 members (excludes halogenated alkanes) is 2. The molecule has 0 rings (SSSR count). The van der Waals surface area contributed by atoms with Crippen LogP contribution >= 0.6 is 0 Å². The Labute approximate surface area is 93.6 Å². The number of carbonyl (C=O) groups is 1. The zero-order valence-electron chi connectivity index (χ0n) is 10.6. The summed E-state index contributed by atoms with van der Waals surface area (Å²) >= 11 is 0. The highest BCUT2D eigenvalue weighted by molar-refractivity contribution is 5.76. The minimum atomic E-state index is -0.140. The van der Waals surface area contributed by atoms with Gasteiger partial charge in [0.1, 0.15) is 0 Å². The van der Waals surface area contributed by atoms with E-state index in [0.717, 1.165) is 13.0 Å². The van der Waals surface area contributed by atoms with Crippen molar-refractivity contribution in [1.82, 2.24) is 5.32 Å². The maximum absolute atomic E-state index is 11.4. The Morgan fingerprint density at radius 1 is 1.20 bits per heavy atom. The molecule has 0 aliphatic heterocycles. The molecule has 0 aromatic carbocycles. The predicted molar refractivity (Wildman–Crippen MR) is 62.9 cm³/mol. The highest BCUT2D eigenvalue weighted by Crippen LogP contribution is 1.99. The van der Waals surface area contributed by atoms with Crippen LogP contribution in [0.15, 0.2) is 0 Å². The van der Waals surface area contributed by atoms with Crippen LogP contribution in [0.2, 0.25) is 0 Å². The third-order valence-electron chi connectivity index (χ3n) is 1.88. The van der Waals surface area contributed by atoms with E-state index in [9.17, 15) is 4.79 Å². The van der Waals surface area contributed by atoms with Gasteiger partial charge in [-0.15, -0.1) is 0 Å². The zero-order chi connectivity index (χ0) is 11.7. The van der Waals surface area contributed by atoms with Gasteiger partial charge in [0.15, 0.2) is 0 Å². The normalized spacial score (nSPS) is 11.5. The quantitative estimate of drug-likeness (QED) is 0.663. The first-order valence-corrected chi connectivity index (χ1v) is 5.84. The lowest BCUT2D eigenvalue weighted by atomic mass is 10.1. The van der Waals surface area contributed by atoms with Crippen LogP contribution in [-0.2, 0) is 9.53 Å². The molecule has 15 heavy (non-hydrogen) atoms. The van der Waals surface area contributed by atoms with Crippen molar-refractivity contribution in [3.63, 3.8) is 0 Å². The van der Waals surface area contributed by atoms with E-state index in [1.165, 1.54) is 12.8 Å². The average Bonchev–Trinajstić information content (AvgIpc) is 2.08. The fourth-order valence-corrected chi connectivity index (χ4v) is 1.20. The molecule has 0 aliphatic rings. The number of amides is 1. The number of hydrogen-bond donors (Lipinski definition) is 1. The Kier molecular flexibility index (Phi) is 7.39. The van der Waals surface area contributed by atoms with E-state index < -0.39 is 0 Å². The Morgan fingerprint density at radius 3 is 2.40 bits per heavy atom. The summed E-state index contributed by atoms with van der Waals surface area (Å²) in [5.41, 5.74) is -0.140. The molecule has 0 heterocycles. The van der Waals surface area contributed by atoms with Crippen molar-refractivity contribution >= 4 is 5.91 Å². The second-order valence-electron chi connectivity index (χ2n) is 4.87. The summed E-state index contributed by atoms with van der Waals surface area (Å²) in [6, 6.07) is 0. The number of nitrogens with one attached hydrogen (secondary N) is 1. The van der Waals surface area contributed by atoms with Crippen LogP contribution in [0, 0.1) is 0 Å². The number of ether oxygens (including phenoxy) is 1. The SMILES string of the molecule is CCCCCOCCC(=O)NC(C)(C)C. The van der Waals surface area contributed by atoms with Gasteiger partial charge >= 0.3 is 0 Å². The molecule has 3 heteroatoms. The third-order valence-corrected chi connectivity index (χ3v) is 1.88. The Balaban J connectivity index is 3.32. The van der Waals surface area contributed by atoms with Gasteiger partial charge in [-0.2, -0.15) is 0 Å². The lowest BCUT2D eigenvalue weighted by molar-refractivity contribution is -0.123. The molecular formula is C12H25NO2. The summed E-state index contributed by atoms with van der Waals surface area (Å²) in [6.07, 6.45) is 3.96. The molecule has 0 aromatic rings. The number of hydrogen-bond acceptors (Lipinski definition) is 2. The molecule has 0 saturated heterocycles. The molecule has 0 fully saturated rings. The third kappa shape index (κ3) is 11.4. The van der Waals surface area contributed by atoms with Crippen LogP contribution in [0.1, 0.15) is 53.4 Å². The monoisotopic (exact) mass is 215 g/mol. The van der Waals surface area contributed by atoms with Crippen LogP contribution in [0.3, 0.4) is 0 Å². The van der Waals surface area contributed by atoms with Gasteiger partial charge in [-0.05, 0) is 27.2 Å². The maximum Gasteiger partial charge on any atom is 0.222 e. The van der Waals surface area contributed by atoms with Crippen molar-refractivity contribution in [2.24, 2.45) is 0 Å². The number of rotatable bonds is 7. The van der Waals surface area contributed by atoms with Crippen molar-refractivity contribution in [1.29, 1.82) is 0 Å². The van der Waals surface area contributed by atoms with Gasteiger partial charge in [-0.1, -0.05) is 19.8 Å². The molecule has 0 unspecified atom stereocenters. The summed E-state index contributed by atoms with van der Waals surface area (Å²) in [5, 5.41) is 2.90. The standard InChI is InChI=1S/C12H25NO2/c1-5-6-7-9-15-10-8-11(14)13-12(2,3)4/h5-10H2,1-4H3,(H,13,14). The average molecular weight is 215 g/mol. The summed E-state index contributed by atoms with van der Waals surface area (Å²) in [5.74, 6) is 0.0676. The van der Waals surface area contributed by atoms with Gasteiger partial charge in [-0.25, -0.2) is 0 Å². The predicted octanol–water partition coefficient (Wildman–Crippen LogP) is 2.50. The molecule has 0 aliphatic carbocycles. The summed E-state index contributed by atoms with van der Waals surface area (Å²) < 4.78 is 5.36. The lowest BCUT2D eigenvalue weighted by Gasteiger charge is -2.20. The van der Waals surface area contributed by atoms with Crippen LogP contribution < -0.4 is 5.32 Å². The van der Waals surface area contributed by atoms with Gasteiger partial charge in [0.25, 0.3) is 0 Å². The molecule has 0 spiro atoms. The van der Waals surface area contributed by atoms with E-state index in [2.05, 4.69) is 12.2 Å². The van der Waals surface area contributed by atoms with Crippen LogP contribution in [0.25, 0.3) is 0 Å².